The summed E-state index contributed by atoms with van der Waals surface area (Å²) in [5.41, 5.74) is 0. The van der Waals surface area contributed by atoms with Gasteiger partial charge in [-0.05, 0) is 53.6 Å². The molecular weight excluding hydrogens is 224 g/mol. The maximum atomic E-state index is 8.60. The van der Waals surface area contributed by atoms with Crippen LogP contribution in [0, 0.1) is 45.0 Å². The second-order valence-electron chi connectivity index (χ2n) is 4.08. The highest BCUT2D eigenvalue weighted by Crippen LogP contribution is 2.49. The molecule has 4 heteroatoms. The van der Waals surface area contributed by atoms with Gasteiger partial charge in [-0.3, -0.25) is 0 Å². The van der Waals surface area contributed by atoms with Crippen LogP contribution in [-0.2, 0) is 0 Å². The fraction of sp³-hybridized carbons (Fsp3) is 0.636. The zero-order valence-corrected chi connectivity index (χ0v) is 9.93. The predicted molar refractivity (Wildman–Crippen MR) is 63.9 cm³/mol. The molecule has 4 atom stereocenters. The van der Waals surface area contributed by atoms with Crippen molar-refractivity contribution in [3.8, 4) is 10.8 Å². The van der Waals surface area contributed by atoms with Gasteiger partial charge in [-0.2, -0.15) is 10.5 Å². The first-order chi connectivity index (χ1) is 7.36. The van der Waals surface area contributed by atoms with Crippen molar-refractivity contribution in [3.63, 3.8) is 0 Å². The lowest BCUT2D eigenvalue weighted by Crippen LogP contribution is -2.23. The normalized spacial score (nSPS) is 36.4. The van der Waals surface area contributed by atoms with E-state index in [4.69, 9.17) is 10.5 Å². The van der Waals surface area contributed by atoms with Gasteiger partial charge in [-0.15, -0.1) is 0 Å². The Morgan fingerprint density at radius 3 is 1.87 bits per heavy atom. The minimum absolute atomic E-state index is 0.616. The van der Waals surface area contributed by atoms with Crippen LogP contribution >= 0.6 is 23.5 Å². The second kappa shape index (κ2) is 4.96. The van der Waals surface area contributed by atoms with E-state index in [9.17, 15) is 0 Å². The van der Waals surface area contributed by atoms with Crippen LogP contribution in [-0.4, -0.2) is 11.5 Å². The number of thiocyanates is 2. The summed E-state index contributed by atoms with van der Waals surface area (Å²) in [5.74, 6) is 4.42. The molecule has 2 aliphatic carbocycles. The Hall–Kier alpha value is -0.580. The van der Waals surface area contributed by atoms with Gasteiger partial charge in [0.05, 0.1) is 0 Å². The molecule has 1 fully saturated rings. The molecule has 15 heavy (non-hydrogen) atoms. The van der Waals surface area contributed by atoms with E-state index in [-0.39, 0.29) is 0 Å². The van der Waals surface area contributed by atoms with Gasteiger partial charge in [0.15, 0.2) is 0 Å². The molecule has 4 unspecified atom stereocenters. The van der Waals surface area contributed by atoms with Crippen molar-refractivity contribution < 1.29 is 0 Å². The Morgan fingerprint density at radius 2 is 1.47 bits per heavy atom. The molecule has 0 spiro atoms. The topological polar surface area (TPSA) is 47.6 Å². The summed E-state index contributed by atoms with van der Waals surface area (Å²) in [6, 6.07) is 0. The number of rotatable bonds is 4. The number of thioether (sulfide) groups is 2. The van der Waals surface area contributed by atoms with Crippen molar-refractivity contribution in [1.82, 2.24) is 0 Å². The van der Waals surface area contributed by atoms with E-state index in [0.29, 0.717) is 23.7 Å². The van der Waals surface area contributed by atoms with E-state index < -0.39 is 0 Å². The summed E-state index contributed by atoms with van der Waals surface area (Å²) in [6.45, 7) is 0. The predicted octanol–water partition coefficient (Wildman–Crippen LogP) is 2.85. The van der Waals surface area contributed by atoms with E-state index in [1.807, 2.05) is 0 Å². The number of nitrogens with zero attached hydrogens (tertiary/aromatic N) is 2. The maximum absolute atomic E-state index is 8.60. The van der Waals surface area contributed by atoms with Gasteiger partial charge in [0.25, 0.3) is 0 Å². The lowest BCUT2D eigenvalue weighted by molar-refractivity contribution is 0.378. The molecule has 2 aliphatic rings. The lowest BCUT2D eigenvalue weighted by Gasteiger charge is -2.25. The third kappa shape index (κ3) is 2.17. The Kier molecular flexibility index (Phi) is 3.61. The number of allylic oxidation sites excluding steroid dienone is 2. The summed E-state index contributed by atoms with van der Waals surface area (Å²) in [6.07, 6.45) is 5.86. The molecule has 0 radical (unpaired) electrons. The van der Waals surface area contributed by atoms with E-state index in [2.05, 4.69) is 23.0 Å². The van der Waals surface area contributed by atoms with Gasteiger partial charge in [-0.25, -0.2) is 0 Å². The molecule has 2 rings (SSSR count). The van der Waals surface area contributed by atoms with Gasteiger partial charge in [0.2, 0.25) is 0 Å². The van der Waals surface area contributed by atoms with Crippen LogP contribution in [0.1, 0.15) is 6.42 Å². The summed E-state index contributed by atoms with van der Waals surface area (Å²) in [7, 11) is 0. The molecule has 2 nitrogen and oxygen atoms in total. The minimum Gasteiger partial charge on any atom is -0.185 e. The first-order valence-corrected chi connectivity index (χ1v) is 7.04. The molecule has 0 aliphatic heterocycles. The fourth-order valence-corrected chi connectivity index (χ4v) is 4.31. The molecule has 1 saturated carbocycles. The zero-order valence-electron chi connectivity index (χ0n) is 8.30. The number of fused-ring (bicyclic) bond motifs is 2. The molecule has 78 valence electrons. The Morgan fingerprint density at radius 1 is 1.00 bits per heavy atom. The molecule has 0 saturated heterocycles. The Bertz CT molecular complexity index is 307. The van der Waals surface area contributed by atoms with Crippen molar-refractivity contribution in [2.45, 2.75) is 6.42 Å². The van der Waals surface area contributed by atoms with Crippen LogP contribution in [0.5, 0.6) is 0 Å². The van der Waals surface area contributed by atoms with E-state index >= 15 is 0 Å². The van der Waals surface area contributed by atoms with Crippen molar-refractivity contribution in [2.24, 2.45) is 23.7 Å². The van der Waals surface area contributed by atoms with Gasteiger partial charge < -0.3 is 0 Å². The highest BCUT2D eigenvalue weighted by Gasteiger charge is 2.43. The third-order valence-corrected chi connectivity index (χ3v) is 4.84. The zero-order chi connectivity index (χ0) is 10.7. The van der Waals surface area contributed by atoms with E-state index in [1.54, 1.807) is 0 Å². The lowest BCUT2D eigenvalue weighted by atomic mass is 9.86. The molecule has 0 amide bonds. The minimum atomic E-state index is 0.616. The molecular formula is C11H12N2S2. The SMILES string of the molecule is N#CSCC1C2C=CC(C2)C1CSC#N. The molecule has 0 aromatic heterocycles. The second-order valence-corrected chi connectivity index (χ2v) is 5.69. The molecule has 0 aromatic rings. The van der Waals surface area contributed by atoms with Crippen LogP contribution in [0.25, 0.3) is 0 Å². The highest BCUT2D eigenvalue weighted by atomic mass is 32.2. The summed E-state index contributed by atoms with van der Waals surface area (Å²) < 4.78 is 0. The maximum Gasteiger partial charge on any atom is 0.133 e. The summed E-state index contributed by atoms with van der Waals surface area (Å²) in [4.78, 5) is 0. The standard InChI is InChI=1S/C11H12N2S2/c12-6-14-4-10-8-1-2-9(3-8)11(10)5-15-7-13/h1-2,8-11H,3-5H2. The van der Waals surface area contributed by atoms with Gasteiger partial charge >= 0.3 is 0 Å². The number of hydrogen-bond acceptors (Lipinski definition) is 4. The summed E-state index contributed by atoms with van der Waals surface area (Å²) >= 11 is 2.72. The average Bonchev–Trinajstić information content (AvgIpc) is 2.83. The largest absolute Gasteiger partial charge is 0.185 e. The fourth-order valence-electron chi connectivity index (χ4n) is 2.79. The first kappa shape index (κ1) is 10.9. The van der Waals surface area contributed by atoms with E-state index in [1.165, 1.54) is 29.9 Å². The quantitative estimate of drug-likeness (QED) is 0.556. The number of nitriles is 2. The van der Waals surface area contributed by atoms with Crippen molar-refractivity contribution in [2.75, 3.05) is 11.5 Å². The monoisotopic (exact) mass is 236 g/mol. The molecule has 0 aromatic carbocycles. The Balaban J connectivity index is 1.98. The van der Waals surface area contributed by atoms with Gasteiger partial charge in [0.1, 0.15) is 10.8 Å². The van der Waals surface area contributed by atoms with Crippen LogP contribution < -0.4 is 0 Å². The molecule has 0 N–H and O–H groups in total. The van der Waals surface area contributed by atoms with Crippen LogP contribution in [0.15, 0.2) is 12.2 Å². The molecule has 0 heterocycles. The van der Waals surface area contributed by atoms with Crippen molar-refractivity contribution in [1.29, 1.82) is 10.5 Å². The highest BCUT2D eigenvalue weighted by molar-refractivity contribution is 8.04. The smallest absolute Gasteiger partial charge is 0.133 e. The van der Waals surface area contributed by atoms with Gasteiger partial charge in [-0.1, -0.05) is 12.2 Å². The number of hydrogen-bond donors (Lipinski definition) is 0. The molecule has 2 bridgehead atoms. The Labute approximate surface area is 98.7 Å². The van der Waals surface area contributed by atoms with E-state index in [0.717, 1.165) is 11.5 Å². The third-order valence-electron chi connectivity index (χ3n) is 3.48. The van der Waals surface area contributed by atoms with Crippen LogP contribution in [0.4, 0.5) is 0 Å². The van der Waals surface area contributed by atoms with Crippen LogP contribution in [0.3, 0.4) is 0 Å². The average molecular weight is 236 g/mol. The van der Waals surface area contributed by atoms with Crippen molar-refractivity contribution >= 4 is 23.5 Å². The first-order valence-electron chi connectivity index (χ1n) is 5.07. The van der Waals surface area contributed by atoms with Crippen molar-refractivity contribution in [3.05, 3.63) is 12.2 Å². The van der Waals surface area contributed by atoms with Gasteiger partial charge in [0, 0.05) is 11.5 Å². The summed E-state index contributed by atoms with van der Waals surface area (Å²) in [5, 5.41) is 21.5. The van der Waals surface area contributed by atoms with Crippen LogP contribution in [0.2, 0.25) is 0 Å².